The van der Waals surface area contributed by atoms with Gasteiger partial charge in [0.1, 0.15) is 5.82 Å². The molecular formula is C15H12FN3O. The van der Waals surface area contributed by atoms with Gasteiger partial charge in [0.15, 0.2) is 0 Å². The standard InChI is InChI=1S/C15H12FN3O/c16-13-6-5-10(15(18)20)7-14(13)19-9-12-4-2-1-3-11(12)8-17/h1-7,19H,9H2,(H2,18,20). The predicted octanol–water partition coefficient (Wildman–Crippen LogP) is 2.41. The average Bonchev–Trinajstić information content (AvgIpc) is 2.46. The average molecular weight is 269 g/mol. The molecule has 0 saturated carbocycles. The minimum Gasteiger partial charge on any atom is -0.379 e. The second-order valence-corrected chi connectivity index (χ2v) is 4.18. The topological polar surface area (TPSA) is 78.9 Å². The Labute approximate surface area is 115 Å². The van der Waals surface area contributed by atoms with E-state index in [1.807, 2.05) is 0 Å². The Bertz CT molecular complexity index is 692. The lowest BCUT2D eigenvalue weighted by atomic mass is 10.1. The molecule has 4 nitrogen and oxygen atoms in total. The van der Waals surface area contributed by atoms with E-state index in [0.717, 1.165) is 5.56 Å². The lowest BCUT2D eigenvalue weighted by Gasteiger charge is -2.09. The van der Waals surface area contributed by atoms with Gasteiger partial charge in [-0.25, -0.2) is 4.39 Å². The van der Waals surface area contributed by atoms with Crippen molar-refractivity contribution in [2.24, 2.45) is 5.73 Å². The molecule has 0 fully saturated rings. The summed E-state index contributed by atoms with van der Waals surface area (Å²) in [7, 11) is 0. The number of nitrogens with zero attached hydrogens (tertiary/aromatic N) is 1. The molecule has 0 aliphatic carbocycles. The molecule has 0 saturated heterocycles. The van der Waals surface area contributed by atoms with Crippen LogP contribution in [0.4, 0.5) is 10.1 Å². The Balaban J connectivity index is 2.21. The zero-order valence-corrected chi connectivity index (χ0v) is 10.6. The molecule has 0 aromatic heterocycles. The fourth-order valence-corrected chi connectivity index (χ4v) is 1.79. The Morgan fingerprint density at radius 2 is 2.05 bits per heavy atom. The van der Waals surface area contributed by atoms with E-state index in [9.17, 15) is 9.18 Å². The van der Waals surface area contributed by atoms with Crippen LogP contribution in [-0.2, 0) is 6.54 Å². The number of primary amides is 1. The molecule has 2 aromatic carbocycles. The van der Waals surface area contributed by atoms with Gasteiger partial charge in [-0.1, -0.05) is 18.2 Å². The number of rotatable bonds is 4. The maximum absolute atomic E-state index is 13.6. The maximum Gasteiger partial charge on any atom is 0.248 e. The molecular weight excluding hydrogens is 257 g/mol. The fourth-order valence-electron chi connectivity index (χ4n) is 1.79. The Morgan fingerprint density at radius 1 is 1.30 bits per heavy atom. The second-order valence-electron chi connectivity index (χ2n) is 4.18. The summed E-state index contributed by atoms with van der Waals surface area (Å²) in [6.07, 6.45) is 0. The van der Waals surface area contributed by atoms with Gasteiger partial charge in [0.25, 0.3) is 0 Å². The minimum absolute atomic E-state index is 0.175. The van der Waals surface area contributed by atoms with E-state index in [0.29, 0.717) is 5.56 Å². The van der Waals surface area contributed by atoms with Gasteiger partial charge in [-0.2, -0.15) is 5.26 Å². The van der Waals surface area contributed by atoms with Crippen LogP contribution in [0.2, 0.25) is 0 Å². The maximum atomic E-state index is 13.6. The minimum atomic E-state index is -0.620. The van der Waals surface area contributed by atoms with E-state index in [-0.39, 0.29) is 17.8 Å². The van der Waals surface area contributed by atoms with Crippen LogP contribution < -0.4 is 11.1 Å². The first-order valence-corrected chi connectivity index (χ1v) is 5.93. The lowest BCUT2D eigenvalue weighted by Crippen LogP contribution is -2.12. The molecule has 2 rings (SSSR count). The number of halogens is 1. The SMILES string of the molecule is N#Cc1ccccc1CNc1cc(C(N)=O)ccc1F. The van der Waals surface area contributed by atoms with E-state index in [1.54, 1.807) is 24.3 Å². The molecule has 1 amide bonds. The summed E-state index contributed by atoms with van der Waals surface area (Å²) >= 11 is 0. The molecule has 0 spiro atoms. The quantitative estimate of drug-likeness (QED) is 0.894. The summed E-state index contributed by atoms with van der Waals surface area (Å²) in [5.74, 6) is -1.10. The van der Waals surface area contributed by atoms with Gasteiger partial charge in [0.2, 0.25) is 5.91 Å². The first kappa shape index (κ1) is 13.6. The number of anilines is 1. The molecule has 0 aliphatic heterocycles. The molecule has 0 atom stereocenters. The predicted molar refractivity (Wildman–Crippen MR) is 73.4 cm³/mol. The van der Waals surface area contributed by atoms with Gasteiger partial charge in [-0.15, -0.1) is 0 Å². The lowest BCUT2D eigenvalue weighted by molar-refractivity contribution is 0.100. The highest BCUT2D eigenvalue weighted by Crippen LogP contribution is 2.18. The van der Waals surface area contributed by atoms with E-state index in [1.165, 1.54) is 18.2 Å². The molecule has 0 radical (unpaired) electrons. The number of nitriles is 1. The van der Waals surface area contributed by atoms with Crippen molar-refractivity contribution in [3.8, 4) is 6.07 Å². The number of carbonyl (C=O) groups is 1. The molecule has 3 N–H and O–H groups in total. The van der Waals surface area contributed by atoms with E-state index in [2.05, 4.69) is 11.4 Å². The number of benzene rings is 2. The van der Waals surface area contributed by atoms with Crippen LogP contribution >= 0.6 is 0 Å². The van der Waals surface area contributed by atoms with Crippen LogP contribution in [0.15, 0.2) is 42.5 Å². The molecule has 0 bridgehead atoms. The number of carbonyl (C=O) groups excluding carboxylic acids is 1. The van der Waals surface area contributed by atoms with Crippen molar-refractivity contribution in [1.29, 1.82) is 5.26 Å². The Morgan fingerprint density at radius 3 is 2.75 bits per heavy atom. The van der Waals surface area contributed by atoms with Crippen molar-refractivity contribution in [1.82, 2.24) is 0 Å². The van der Waals surface area contributed by atoms with Crippen molar-refractivity contribution in [3.05, 3.63) is 65.0 Å². The fraction of sp³-hybridized carbons (Fsp3) is 0.0667. The van der Waals surface area contributed by atoms with Crippen molar-refractivity contribution in [3.63, 3.8) is 0 Å². The highest BCUT2D eigenvalue weighted by Gasteiger charge is 2.08. The van der Waals surface area contributed by atoms with Gasteiger partial charge < -0.3 is 11.1 Å². The molecule has 0 heterocycles. The third kappa shape index (κ3) is 2.93. The van der Waals surface area contributed by atoms with Crippen molar-refractivity contribution < 1.29 is 9.18 Å². The van der Waals surface area contributed by atoms with Crippen LogP contribution in [-0.4, -0.2) is 5.91 Å². The number of nitrogens with one attached hydrogen (secondary N) is 1. The first-order chi connectivity index (χ1) is 9.61. The van der Waals surface area contributed by atoms with Gasteiger partial charge in [0.05, 0.1) is 17.3 Å². The van der Waals surface area contributed by atoms with Gasteiger partial charge in [-0.3, -0.25) is 4.79 Å². The van der Waals surface area contributed by atoms with Crippen LogP contribution in [0, 0.1) is 17.1 Å². The summed E-state index contributed by atoms with van der Waals surface area (Å²) in [5, 5.41) is 11.8. The molecule has 2 aromatic rings. The third-order valence-electron chi connectivity index (χ3n) is 2.86. The number of hydrogen-bond donors (Lipinski definition) is 2. The number of hydrogen-bond acceptors (Lipinski definition) is 3. The van der Waals surface area contributed by atoms with Gasteiger partial charge in [0, 0.05) is 12.1 Å². The second kappa shape index (κ2) is 5.85. The van der Waals surface area contributed by atoms with Crippen molar-refractivity contribution in [2.75, 3.05) is 5.32 Å². The van der Waals surface area contributed by atoms with Crippen LogP contribution in [0.5, 0.6) is 0 Å². The highest BCUT2D eigenvalue weighted by atomic mass is 19.1. The monoisotopic (exact) mass is 269 g/mol. The largest absolute Gasteiger partial charge is 0.379 e. The summed E-state index contributed by atoms with van der Waals surface area (Å²) in [6.45, 7) is 0.281. The molecule has 0 unspecified atom stereocenters. The van der Waals surface area contributed by atoms with E-state index >= 15 is 0 Å². The van der Waals surface area contributed by atoms with Crippen LogP contribution in [0.3, 0.4) is 0 Å². The number of nitrogens with two attached hydrogens (primary N) is 1. The normalized spacial score (nSPS) is 9.80. The molecule has 5 heteroatoms. The smallest absolute Gasteiger partial charge is 0.248 e. The third-order valence-corrected chi connectivity index (χ3v) is 2.86. The summed E-state index contributed by atoms with van der Waals surface area (Å²) < 4.78 is 13.6. The first-order valence-electron chi connectivity index (χ1n) is 5.93. The van der Waals surface area contributed by atoms with Crippen molar-refractivity contribution in [2.45, 2.75) is 6.54 Å². The number of amides is 1. The summed E-state index contributed by atoms with van der Waals surface area (Å²) in [5.41, 5.74) is 6.82. The molecule has 0 aliphatic rings. The highest BCUT2D eigenvalue weighted by molar-refractivity contribution is 5.93. The molecule has 20 heavy (non-hydrogen) atoms. The van der Waals surface area contributed by atoms with Crippen LogP contribution in [0.25, 0.3) is 0 Å². The van der Waals surface area contributed by atoms with Gasteiger partial charge >= 0.3 is 0 Å². The molecule has 100 valence electrons. The Hall–Kier alpha value is -2.87. The summed E-state index contributed by atoms with van der Waals surface area (Å²) in [4.78, 5) is 11.1. The zero-order chi connectivity index (χ0) is 14.5. The zero-order valence-electron chi connectivity index (χ0n) is 10.6. The van der Waals surface area contributed by atoms with E-state index in [4.69, 9.17) is 11.0 Å². The van der Waals surface area contributed by atoms with Crippen LogP contribution in [0.1, 0.15) is 21.5 Å². The summed E-state index contributed by atoms with van der Waals surface area (Å²) in [6, 6.07) is 13.0. The van der Waals surface area contributed by atoms with Gasteiger partial charge in [-0.05, 0) is 29.8 Å². The Kier molecular flexibility index (Phi) is 3.96. The van der Waals surface area contributed by atoms with Crippen molar-refractivity contribution >= 4 is 11.6 Å². The van der Waals surface area contributed by atoms with E-state index < -0.39 is 11.7 Å².